The van der Waals surface area contributed by atoms with Crippen molar-refractivity contribution in [2.75, 3.05) is 6.61 Å². The molecule has 2 rings (SSSR count). The van der Waals surface area contributed by atoms with Gasteiger partial charge in [0.25, 0.3) is 0 Å². The largest absolute Gasteiger partial charge is 0.492 e. The van der Waals surface area contributed by atoms with Crippen molar-refractivity contribution in [3.05, 3.63) is 29.7 Å². The van der Waals surface area contributed by atoms with Crippen molar-refractivity contribution in [2.45, 2.75) is 33.3 Å². The van der Waals surface area contributed by atoms with Gasteiger partial charge in [0.05, 0.1) is 18.3 Å². The van der Waals surface area contributed by atoms with Gasteiger partial charge in [-0.15, -0.1) is 0 Å². The fourth-order valence-electron chi connectivity index (χ4n) is 1.88. The van der Waals surface area contributed by atoms with E-state index in [0.717, 1.165) is 4.68 Å². The Morgan fingerprint density at radius 2 is 2.14 bits per heavy atom. The van der Waals surface area contributed by atoms with E-state index in [1.807, 2.05) is 6.92 Å². The maximum atomic E-state index is 12.3. The van der Waals surface area contributed by atoms with Gasteiger partial charge in [0.15, 0.2) is 0 Å². The smallest absolute Gasteiger partial charge is 0.435 e. The summed E-state index contributed by atoms with van der Waals surface area (Å²) >= 11 is 5.93. The molecule has 2 aromatic rings. The molecule has 118 valence electrons. The minimum absolute atomic E-state index is 0.293. The Morgan fingerprint density at radius 1 is 1.45 bits per heavy atom. The lowest BCUT2D eigenvalue weighted by Crippen LogP contribution is -2.27. The lowest BCUT2D eigenvalue weighted by molar-refractivity contribution is 0.0522. The van der Waals surface area contributed by atoms with E-state index in [-0.39, 0.29) is 0 Å². The summed E-state index contributed by atoms with van der Waals surface area (Å²) in [6.45, 7) is 11.5. The minimum Gasteiger partial charge on any atom is -0.492 e. The monoisotopic (exact) mass is 323 g/mol. The number of ether oxygens (including phenoxy) is 2. The van der Waals surface area contributed by atoms with Crippen LogP contribution in [0.25, 0.3) is 16.7 Å². The zero-order valence-electron chi connectivity index (χ0n) is 13.0. The number of pyridine rings is 1. The summed E-state index contributed by atoms with van der Waals surface area (Å²) in [6, 6.07) is 1.62. The molecule has 0 fully saturated rings. The van der Waals surface area contributed by atoms with Crippen molar-refractivity contribution in [1.29, 1.82) is 0 Å². The molecule has 0 radical (unpaired) electrons. The molecule has 0 bridgehead atoms. The fraction of sp³-hybridized carbons (Fsp3) is 0.400. The lowest BCUT2D eigenvalue weighted by Gasteiger charge is -2.19. The van der Waals surface area contributed by atoms with Gasteiger partial charge in [0.1, 0.15) is 22.2 Å². The predicted octanol–water partition coefficient (Wildman–Crippen LogP) is 3.88. The Labute approximate surface area is 133 Å². The van der Waals surface area contributed by atoms with Gasteiger partial charge in [-0.25, -0.2) is 9.78 Å². The highest BCUT2D eigenvalue weighted by atomic mass is 35.5. The van der Waals surface area contributed by atoms with E-state index in [2.05, 4.69) is 16.7 Å². The summed E-state index contributed by atoms with van der Waals surface area (Å²) in [5.74, 6) is 0.358. The van der Waals surface area contributed by atoms with Gasteiger partial charge in [-0.05, 0) is 33.8 Å². The number of halogens is 1. The topological polar surface area (TPSA) is 66.2 Å². The molecule has 2 aromatic heterocycles. The zero-order valence-corrected chi connectivity index (χ0v) is 13.8. The van der Waals surface area contributed by atoms with E-state index in [1.165, 1.54) is 6.20 Å². The Morgan fingerprint density at radius 3 is 2.73 bits per heavy atom. The normalized spacial score (nSPS) is 11.5. The second kappa shape index (κ2) is 5.96. The number of fused-ring (bicyclic) bond motifs is 1. The van der Waals surface area contributed by atoms with Crippen molar-refractivity contribution in [2.24, 2.45) is 0 Å². The van der Waals surface area contributed by atoms with Crippen LogP contribution in [0.3, 0.4) is 0 Å². The second-order valence-electron chi connectivity index (χ2n) is 5.62. The highest BCUT2D eigenvalue weighted by molar-refractivity contribution is 6.30. The van der Waals surface area contributed by atoms with Gasteiger partial charge in [-0.1, -0.05) is 18.2 Å². The lowest BCUT2D eigenvalue weighted by atomic mass is 10.2. The van der Waals surface area contributed by atoms with Crippen LogP contribution < -0.4 is 0 Å². The van der Waals surface area contributed by atoms with Crippen molar-refractivity contribution in [1.82, 2.24) is 14.8 Å². The van der Waals surface area contributed by atoms with Gasteiger partial charge in [0, 0.05) is 5.39 Å². The number of hydrogen-bond acceptors (Lipinski definition) is 5. The van der Waals surface area contributed by atoms with Crippen LogP contribution in [0, 0.1) is 0 Å². The predicted molar refractivity (Wildman–Crippen MR) is 84.8 cm³/mol. The van der Waals surface area contributed by atoms with Gasteiger partial charge in [0.2, 0.25) is 0 Å². The third-order valence-corrected chi connectivity index (χ3v) is 2.89. The highest BCUT2D eigenvalue weighted by Crippen LogP contribution is 2.26. The SMILES string of the molecule is C=C(OCC)c1nn(C(=O)OC(C)(C)C)c2cnc(Cl)cc12. The van der Waals surface area contributed by atoms with Crippen LogP contribution in [0.1, 0.15) is 33.4 Å². The average molecular weight is 324 g/mol. The summed E-state index contributed by atoms with van der Waals surface area (Å²) in [7, 11) is 0. The molecule has 0 unspecified atom stereocenters. The van der Waals surface area contributed by atoms with Crippen molar-refractivity contribution in [3.8, 4) is 0 Å². The highest BCUT2D eigenvalue weighted by Gasteiger charge is 2.23. The molecular weight excluding hydrogens is 306 g/mol. The average Bonchev–Trinajstić information content (AvgIpc) is 2.75. The number of nitrogens with zero attached hydrogens (tertiary/aromatic N) is 3. The first-order valence-electron chi connectivity index (χ1n) is 6.82. The van der Waals surface area contributed by atoms with E-state index in [1.54, 1.807) is 26.8 Å². The number of rotatable bonds is 3. The zero-order chi connectivity index (χ0) is 16.5. The second-order valence-corrected chi connectivity index (χ2v) is 6.01. The van der Waals surface area contributed by atoms with Crippen LogP contribution in [-0.2, 0) is 9.47 Å². The molecule has 22 heavy (non-hydrogen) atoms. The van der Waals surface area contributed by atoms with Gasteiger partial charge >= 0.3 is 6.09 Å². The summed E-state index contributed by atoms with van der Waals surface area (Å²) in [5, 5.41) is 5.17. The summed E-state index contributed by atoms with van der Waals surface area (Å²) in [4.78, 5) is 16.3. The van der Waals surface area contributed by atoms with Crippen molar-refractivity contribution >= 4 is 34.4 Å². The maximum Gasteiger partial charge on any atom is 0.435 e. The number of hydrogen-bond donors (Lipinski definition) is 0. The van der Waals surface area contributed by atoms with Crippen molar-refractivity contribution < 1.29 is 14.3 Å². The van der Waals surface area contributed by atoms with E-state index in [9.17, 15) is 4.79 Å². The molecule has 0 N–H and O–H groups in total. The molecule has 0 saturated heterocycles. The number of carbonyl (C=O) groups excluding carboxylic acids is 1. The molecule has 0 aliphatic carbocycles. The molecular formula is C15H18ClN3O3. The number of aromatic nitrogens is 3. The van der Waals surface area contributed by atoms with E-state index in [0.29, 0.717) is 34.1 Å². The fourth-order valence-corrected chi connectivity index (χ4v) is 2.04. The van der Waals surface area contributed by atoms with Crippen LogP contribution >= 0.6 is 11.6 Å². The molecule has 0 aliphatic heterocycles. The molecule has 0 atom stereocenters. The summed E-state index contributed by atoms with van der Waals surface area (Å²) in [6.07, 6.45) is 0.870. The molecule has 0 aromatic carbocycles. The van der Waals surface area contributed by atoms with E-state index >= 15 is 0 Å². The first-order chi connectivity index (χ1) is 10.2. The first kappa shape index (κ1) is 16.3. The maximum absolute atomic E-state index is 12.3. The summed E-state index contributed by atoms with van der Waals surface area (Å²) in [5.41, 5.74) is 0.285. The standard InChI is InChI=1S/C15H18ClN3O3/c1-6-21-9(2)13-10-7-12(16)17-8-11(10)19(18-13)14(20)22-15(3,4)5/h7-8H,2,6H2,1,3-5H3. The molecule has 6 nitrogen and oxygen atoms in total. The summed E-state index contributed by atoms with van der Waals surface area (Å²) < 4.78 is 11.9. The molecule has 7 heteroatoms. The Hall–Kier alpha value is -2.08. The Bertz CT molecular complexity index is 731. The van der Waals surface area contributed by atoms with Gasteiger partial charge < -0.3 is 9.47 Å². The van der Waals surface area contributed by atoms with Crippen LogP contribution in [0.2, 0.25) is 5.15 Å². The minimum atomic E-state index is -0.633. The molecule has 0 aliphatic rings. The third kappa shape index (κ3) is 3.39. The van der Waals surface area contributed by atoms with E-state index < -0.39 is 11.7 Å². The van der Waals surface area contributed by atoms with Crippen molar-refractivity contribution in [3.63, 3.8) is 0 Å². The molecule has 0 saturated carbocycles. The third-order valence-electron chi connectivity index (χ3n) is 2.68. The Balaban J connectivity index is 2.56. The molecule has 2 heterocycles. The molecule has 0 spiro atoms. The van der Waals surface area contributed by atoms with Gasteiger partial charge in [-0.2, -0.15) is 9.78 Å². The van der Waals surface area contributed by atoms with Crippen LogP contribution in [0.5, 0.6) is 0 Å². The van der Waals surface area contributed by atoms with Gasteiger partial charge in [-0.3, -0.25) is 0 Å². The van der Waals surface area contributed by atoms with Crippen LogP contribution in [-0.4, -0.2) is 33.1 Å². The number of carbonyl (C=O) groups is 1. The quantitative estimate of drug-likeness (QED) is 0.633. The first-order valence-corrected chi connectivity index (χ1v) is 7.20. The van der Waals surface area contributed by atoms with Crippen LogP contribution in [0.15, 0.2) is 18.8 Å². The molecule has 0 amide bonds. The van der Waals surface area contributed by atoms with Crippen LogP contribution in [0.4, 0.5) is 4.79 Å². The Kier molecular flexibility index (Phi) is 4.42. The van der Waals surface area contributed by atoms with E-state index in [4.69, 9.17) is 21.1 Å².